The predicted molar refractivity (Wildman–Crippen MR) is 142 cm³/mol. The van der Waals surface area contributed by atoms with Crippen LogP contribution >= 0.6 is 0 Å². The molecule has 0 amide bonds. The van der Waals surface area contributed by atoms with E-state index in [1.54, 1.807) is 0 Å². The molecule has 5 aromatic carbocycles. The molecule has 0 radical (unpaired) electrons. The molecule has 0 aliphatic heterocycles. The van der Waals surface area contributed by atoms with Crippen LogP contribution in [0.15, 0.2) is 121 Å². The molecule has 0 atom stereocenters. The van der Waals surface area contributed by atoms with E-state index in [1.807, 2.05) is 6.07 Å². The Morgan fingerprint density at radius 1 is 0.394 bits per heavy atom. The second kappa shape index (κ2) is 9.18. The summed E-state index contributed by atoms with van der Waals surface area (Å²) in [6, 6.07) is 43.0. The van der Waals surface area contributed by atoms with E-state index in [9.17, 15) is 0 Å². The third-order valence-corrected chi connectivity index (χ3v) is 6.12. The van der Waals surface area contributed by atoms with Crippen molar-refractivity contribution >= 4 is 11.4 Å². The van der Waals surface area contributed by atoms with Crippen molar-refractivity contribution in [3.63, 3.8) is 0 Å². The maximum absolute atomic E-state index is 3.63. The van der Waals surface area contributed by atoms with Crippen LogP contribution in [0.3, 0.4) is 0 Å². The van der Waals surface area contributed by atoms with Crippen molar-refractivity contribution in [1.82, 2.24) is 0 Å². The minimum absolute atomic E-state index is 1.10. The van der Waals surface area contributed by atoms with Crippen molar-refractivity contribution in [3.8, 4) is 33.4 Å². The van der Waals surface area contributed by atoms with Gasteiger partial charge in [-0.25, -0.2) is 0 Å². The average Bonchev–Trinajstić information content (AvgIpc) is 2.88. The summed E-state index contributed by atoms with van der Waals surface area (Å²) in [6.07, 6.45) is 0. The standard InChI is InChI=1S/C32H27N/c1-23-21-30(29-15-13-27(14-16-29)25-9-5-3-6-10-25)22-24(2)32(23)33-31-19-17-28(18-20-31)26-11-7-4-8-12-26/h3-22,33H,1-2H3. The molecule has 0 saturated carbocycles. The summed E-state index contributed by atoms with van der Waals surface area (Å²) < 4.78 is 0. The quantitative estimate of drug-likeness (QED) is 0.296. The van der Waals surface area contributed by atoms with Gasteiger partial charge >= 0.3 is 0 Å². The smallest absolute Gasteiger partial charge is 0.0444 e. The maximum Gasteiger partial charge on any atom is 0.0444 e. The molecule has 0 aromatic heterocycles. The second-order valence-corrected chi connectivity index (χ2v) is 8.50. The van der Waals surface area contributed by atoms with Gasteiger partial charge in [0.05, 0.1) is 0 Å². The molecule has 5 rings (SSSR count). The molecule has 0 unspecified atom stereocenters. The molecule has 5 aromatic rings. The number of hydrogen-bond donors (Lipinski definition) is 1. The Morgan fingerprint density at radius 3 is 1.21 bits per heavy atom. The van der Waals surface area contributed by atoms with Crippen molar-refractivity contribution in [3.05, 3.63) is 132 Å². The molecule has 0 saturated heterocycles. The topological polar surface area (TPSA) is 12.0 Å². The lowest BCUT2D eigenvalue weighted by Gasteiger charge is -2.16. The van der Waals surface area contributed by atoms with Crippen LogP contribution in [0.4, 0.5) is 11.4 Å². The lowest BCUT2D eigenvalue weighted by atomic mass is 9.96. The number of hydrogen-bond acceptors (Lipinski definition) is 1. The Kier molecular flexibility index (Phi) is 5.78. The van der Waals surface area contributed by atoms with Gasteiger partial charge in [0.1, 0.15) is 0 Å². The van der Waals surface area contributed by atoms with Gasteiger partial charge in [0.2, 0.25) is 0 Å². The molecular weight excluding hydrogens is 398 g/mol. The van der Waals surface area contributed by atoms with Crippen molar-refractivity contribution in [2.45, 2.75) is 13.8 Å². The van der Waals surface area contributed by atoms with Crippen LogP contribution in [0.2, 0.25) is 0 Å². The van der Waals surface area contributed by atoms with Gasteiger partial charge in [-0.1, -0.05) is 97.1 Å². The Balaban J connectivity index is 1.37. The Labute approximate surface area is 196 Å². The van der Waals surface area contributed by atoms with Crippen LogP contribution in [0.1, 0.15) is 11.1 Å². The zero-order valence-corrected chi connectivity index (χ0v) is 19.0. The summed E-state index contributed by atoms with van der Waals surface area (Å²) in [6.45, 7) is 4.35. The van der Waals surface area contributed by atoms with Gasteiger partial charge in [0.25, 0.3) is 0 Å². The third kappa shape index (κ3) is 4.58. The molecule has 0 heterocycles. The van der Waals surface area contributed by atoms with Gasteiger partial charge in [0, 0.05) is 11.4 Å². The molecular formula is C32H27N. The zero-order valence-electron chi connectivity index (χ0n) is 19.0. The van der Waals surface area contributed by atoms with Gasteiger partial charge in [-0.3, -0.25) is 0 Å². The van der Waals surface area contributed by atoms with Gasteiger partial charge in [-0.05, 0) is 82.6 Å². The Hall–Kier alpha value is -4.10. The van der Waals surface area contributed by atoms with Crippen molar-refractivity contribution in [1.29, 1.82) is 0 Å². The van der Waals surface area contributed by atoms with E-state index in [0.29, 0.717) is 0 Å². The van der Waals surface area contributed by atoms with E-state index >= 15 is 0 Å². The monoisotopic (exact) mass is 425 g/mol. The van der Waals surface area contributed by atoms with Crippen LogP contribution in [0.5, 0.6) is 0 Å². The summed E-state index contributed by atoms with van der Waals surface area (Å²) >= 11 is 0. The van der Waals surface area contributed by atoms with Gasteiger partial charge in [-0.15, -0.1) is 0 Å². The molecule has 0 spiro atoms. The highest BCUT2D eigenvalue weighted by Crippen LogP contribution is 2.32. The van der Waals surface area contributed by atoms with Crippen LogP contribution in [0.25, 0.3) is 33.4 Å². The third-order valence-electron chi connectivity index (χ3n) is 6.12. The fourth-order valence-corrected chi connectivity index (χ4v) is 4.33. The Bertz CT molecular complexity index is 1330. The summed E-state index contributed by atoms with van der Waals surface area (Å²) in [5.41, 5.74) is 12.2. The molecule has 1 heteroatoms. The molecule has 0 aliphatic rings. The highest BCUT2D eigenvalue weighted by atomic mass is 14.9. The first-order chi connectivity index (χ1) is 16.2. The highest BCUT2D eigenvalue weighted by Gasteiger charge is 2.08. The van der Waals surface area contributed by atoms with Gasteiger partial charge in [-0.2, -0.15) is 0 Å². The molecule has 33 heavy (non-hydrogen) atoms. The lowest BCUT2D eigenvalue weighted by molar-refractivity contribution is 1.36. The lowest BCUT2D eigenvalue weighted by Crippen LogP contribution is -1.97. The normalized spacial score (nSPS) is 10.7. The van der Waals surface area contributed by atoms with Crippen LogP contribution in [-0.2, 0) is 0 Å². The fourth-order valence-electron chi connectivity index (χ4n) is 4.33. The van der Waals surface area contributed by atoms with Crippen LogP contribution < -0.4 is 5.32 Å². The molecule has 0 fully saturated rings. The van der Waals surface area contributed by atoms with E-state index in [0.717, 1.165) is 5.69 Å². The zero-order chi connectivity index (χ0) is 22.6. The van der Waals surface area contributed by atoms with E-state index in [1.165, 1.54) is 50.2 Å². The van der Waals surface area contributed by atoms with E-state index < -0.39 is 0 Å². The summed E-state index contributed by atoms with van der Waals surface area (Å²) in [4.78, 5) is 0. The summed E-state index contributed by atoms with van der Waals surface area (Å²) in [7, 11) is 0. The predicted octanol–water partition coefficient (Wildman–Crippen LogP) is 9.05. The van der Waals surface area contributed by atoms with Crippen LogP contribution in [0, 0.1) is 13.8 Å². The SMILES string of the molecule is Cc1cc(-c2ccc(-c3ccccc3)cc2)cc(C)c1Nc1ccc(-c2ccccc2)cc1. The second-order valence-electron chi connectivity index (χ2n) is 8.50. The summed E-state index contributed by atoms with van der Waals surface area (Å²) in [5, 5.41) is 3.63. The van der Waals surface area contributed by atoms with Gasteiger partial charge in [0.15, 0.2) is 0 Å². The number of benzene rings is 5. The largest absolute Gasteiger partial charge is 0.355 e. The first kappa shape index (κ1) is 20.8. The average molecular weight is 426 g/mol. The molecule has 0 bridgehead atoms. The Morgan fingerprint density at radius 2 is 0.758 bits per heavy atom. The molecule has 1 nitrogen and oxygen atoms in total. The first-order valence-corrected chi connectivity index (χ1v) is 11.4. The minimum atomic E-state index is 1.10. The van der Waals surface area contributed by atoms with Crippen molar-refractivity contribution < 1.29 is 0 Å². The number of rotatable bonds is 5. The molecule has 0 aliphatic carbocycles. The van der Waals surface area contributed by atoms with Crippen molar-refractivity contribution in [2.24, 2.45) is 0 Å². The summed E-state index contributed by atoms with van der Waals surface area (Å²) in [5.74, 6) is 0. The molecule has 1 N–H and O–H groups in total. The number of nitrogens with one attached hydrogen (secondary N) is 1. The molecule has 160 valence electrons. The van der Waals surface area contributed by atoms with Crippen LogP contribution in [-0.4, -0.2) is 0 Å². The fraction of sp³-hybridized carbons (Fsp3) is 0.0625. The van der Waals surface area contributed by atoms with E-state index in [2.05, 4.69) is 134 Å². The van der Waals surface area contributed by atoms with E-state index in [-0.39, 0.29) is 0 Å². The minimum Gasteiger partial charge on any atom is -0.355 e. The number of anilines is 2. The number of aryl methyl sites for hydroxylation is 2. The first-order valence-electron chi connectivity index (χ1n) is 11.4. The van der Waals surface area contributed by atoms with E-state index in [4.69, 9.17) is 0 Å². The highest BCUT2D eigenvalue weighted by molar-refractivity contribution is 5.77. The maximum atomic E-state index is 3.63. The van der Waals surface area contributed by atoms with Crippen molar-refractivity contribution in [2.75, 3.05) is 5.32 Å². The van der Waals surface area contributed by atoms with Gasteiger partial charge < -0.3 is 5.32 Å².